The topological polar surface area (TPSA) is 17.1 Å². The van der Waals surface area contributed by atoms with Gasteiger partial charge in [0, 0.05) is 10.9 Å². The lowest BCUT2D eigenvalue weighted by Gasteiger charge is -1.94. The van der Waals surface area contributed by atoms with E-state index in [0.717, 1.165) is 10.0 Å². The Balaban J connectivity index is 2.69. The van der Waals surface area contributed by atoms with Gasteiger partial charge in [0.05, 0.1) is 0 Å². The quantitative estimate of drug-likeness (QED) is 0.526. The lowest BCUT2D eigenvalue weighted by Crippen LogP contribution is -1.80. The fourth-order valence-corrected chi connectivity index (χ4v) is 1.29. The normalized spacial score (nSPS) is 8.42. The van der Waals surface area contributed by atoms with Gasteiger partial charge >= 0.3 is 0 Å². The maximum absolute atomic E-state index is 9.88. The van der Waals surface area contributed by atoms with Gasteiger partial charge in [-0.25, -0.2) is 0 Å². The van der Waals surface area contributed by atoms with Crippen molar-refractivity contribution in [1.29, 1.82) is 0 Å². The minimum absolute atomic E-state index is 0.609. The van der Waals surface area contributed by atoms with Gasteiger partial charge in [-0.2, -0.15) is 0 Å². The summed E-state index contributed by atoms with van der Waals surface area (Å²) >= 11 is 3.35. The summed E-state index contributed by atoms with van der Waals surface area (Å²) in [5.74, 6) is 5.11. The molecule has 0 fully saturated rings. The van der Waals surface area contributed by atoms with Crippen molar-refractivity contribution in [2.45, 2.75) is 6.42 Å². The van der Waals surface area contributed by atoms with E-state index in [2.05, 4.69) is 27.8 Å². The van der Waals surface area contributed by atoms with Crippen LogP contribution in [-0.2, 0) is 11.2 Å². The van der Waals surface area contributed by atoms with Crippen molar-refractivity contribution < 1.29 is 4.79 Å². The molecule has 1 nitrogen and oxygen atoms in total. The summed E-state index contributed by atoms with van der Waals surface area (Å²) in [4.78, 5) is 9.88. The van der Waals surface area contributed by atoms with Crippen molar-refractivity contribution >= 4 is 22.2 Å². The third-order valence-electron chi connectivity index (χ3n) is 1.34. The number of aldehydes is 1. The van der Waals surface area contributed by atoms with Crippen LogP contribution in [0, 0.1) is 11.8 Å². The van der Waals surface area contributed by atoms with Gasteiger partial charge < -0.3 is 0 Å². The Morgan fingerprint density at radius 1 is 1.50 bits per heavy atom. The van der Waals surface area contributed by atoms with E-state index in [9.17, 15) is 4.79 Å². The molecule has 12 heavy (non-hydrogen) atoms. The van der Waals surface area contributed by atoms with Crippen molar-refractivity contribution in [2.75, 3.05) is 0 Å². The van der Waals surface area contributed by atoms with E-state index in [1.165, 1.54) is 0 Å². The van der Waals surface area contributed by atoms with Crippen molar-refractivity contribution in [1.82, 2.24) is 0 Å². The molecule has 0 amide bonds. The van der Waals surface area contributed by atoms with Crippen LogP contribution in [0.4, 0.5) is 0 Å². The van der Waals surface area contributed by atoms with E-state index < -0.39 is 0 Å². The van der Waals surface area contributed by atoms with Crippen LogP contribution >= 0.6 is 15.9 Å². The first kappa shape index (κ1) is 9.02. The van der Waals surface area contributed by atoms with Gasteiger partial charge in [0.1, 0.15) is 0 Å². The Bertz CT molecular complexity index is 333. The van der Waals surface area contributed by atoms with Crippen LogP contribution in [0.5, 0.6) is 0 Å². The lowest BCUT2D eigenvalue weighted by molar-refractivity contribution is -0.103. The Morgan fingerprint density at radius 2 is 2.33 bits per heavy atom. The first-order valence-corrected chi connectivity index (χ1v) is 4.28. The Labute approximate surface area is 79.9 Å². The molecule has 0 saturated heterocycles. The minimum atomic E-state index is 0.609. The summed E-state index contributed by atoms with van der Waals surface area (Å²) < 4.78 is 1.04. The average molecular weight is 223 g/mol. The number of hydrogen-bond acceptors (Lipinski definition) is 1. The molecule has 0 radical (unpaired) electrons. The van der Waals surface area contributed by atoms with Crippen LogP contribution in [0.2, 0.25) is 0 Å². The summed E-state index contributed by atoms with van der Waals surface area (Å²) in [7, 11) is 0. The van der Waals surface area contributed by atoms with Crippen LogP contribution in [0.25, 0.3) is 0 Å². The van der Waals surface area contributed by atoms with Gasteiger partial charge in [0.15, 0.2) is 6.29 Å². The van der Waals surface area contributed by atoms with E-state index in [4.69, 9.17) is 0 Å². The standard InChI is InChI=1S/C10H7BrO/c11-10-6-3-5-9(8-10)4-1-2-7-12/h3,5-8H,4H2. The second-order valence-electron chi connectivity index (χ2n) is 2.25. The highest BCUT2D eigenvalue weighted by atomic mass is 79.9. The van der Waals surface area contributed by atoms with Crippen LogP contribution in [0.3, 0.4) is 0 Å². The minimum Gasteiger partial charge on any atom is -0.289 e. The van der Waals surface area contributed by atoms with E-state index in [0.29, 0.717) is 12.7 Å². The highest BCUT2D eigenvalue weighted by molar-refractivity contribution is 9.10. The van der Waals surface area contributed by atoms with Crippen LogP contribution in [0.1, 0.15) is 5.56 Å². The number of carbonyl (C=O) groups excluding carboxylic acids is 1. The summed E-state index contributed by atoms with van der Waals surface area (Å²) in [5, 5.41) is 0. The van der Waals surface area contributed by atoms with Crippen molar-refractivity contribution in [3.8, 4) is 11.8 Å². The largest absolute Gasteiger partial charge is 0.289 e. The molecule has 60 valence electrons. The molecule has 0 bridgehead atoms. The van der Waals surface area contributed by atoms with E-state index in [1.54, 1.807) is 0 Å². The fourth-order valence-electron chi connectivity index (χ4n) is 0.842. The second-order valence-corrected chi connectivity index (χ2v) is 3.16. The molecule has 0 atom stereocenters. The predicted molar refractivity (Wildman–Crippen MR) is 51.7 cm³/mol. The molecular weight excluding hydrogens is 216 g/mol. The van der Waals surface area contributed by atoms with Crippen molar-refractivity contribution in [3.05, 3.63) is 34.3 Å². The molecule has 1 aromatic carbocycles. The first-order valence-electron chi connectivity index (χ1n) is 3.49. The highest BCUT2D eigenvalue weighted by Gasteiger charge is 1.89. The molecule has 0 heterocycles. The van der Waals surface area contributed by atoms with Crippen molar-refractivity contribution in [2.24, 2.45) is 0 Å². The van der Waals surface area contributed by atoms with Crippen LogP contribution < -0.4 is 0 Å². The van der Waals surface area contributed by atoms with Gasteiger partial charge in [-0.05, 0) is 23.6 Å². The number of carbonyl (C=O) groups is 1. The monoisotopic (exact) mass is 222 g/mol. The van der Waals surface area contributed by atoms with E-state index >= 15 is 0 Å². The SMILES string of the molecule is O=CC#CCc1cccc(Br)c1. The zero-order chi connectivity index (χ0) is 8.81. The summed E-state index contributed by atoms with van der Waals surface area (Å²) in [5.41, 5.74) is 1.11. The molecule has 0 N–H and O–H groups in total. The Morgan fingerprint density at radius 3 is 3.00 bits per heavy atom. The van der Waals surface area contributed by atoms with Crippen LogP contribution in [-0.4, -0.2) is 6.29 Å². The summed E-state index contributed by atoms with van der Waals surface area (Å²) in [6.07, 6.45) is 1.23. The van der Waals surface area contributed by atoms with Gasteiger partial charge in [-0.15, -0.1) is 0 Å². The van der Waals surface area contributed by atoms with Gasteiger partial charge in [-0.3, -0.25) is 4.79 Å². The predicted octanol–water partition coefficient (Wildman–Crippen LogP) is 2.19. The third-order valence-corrected chi connectivity index (χ3v) is 1.84. The summed E-state index contributed by atoms with van der Waals surface area (Å²) in [6.45, 7) is 0. The molecule has 0 aliphatic carbocycles. The molecule has 0 saturated carbocycles. The number of halogens is 1. The third kappa shape index (κ3) is 2.89. The Kier molecular flexibility index (Phi) is 3.56. The molecule has 2 heteroatoms. The molecule has 1 aromatic rings. The molecule has 1 rings (SSSR count). The van der Waals surface area contributed by atoms with Gasteiger partial charge in [0.2, 0.25) is 0 Å². The zero-order valence-electron chi connectivity index (χ0n) is 6.38. The highest BCUT2D eigenvalue weighted by Crippen LogP contribution is 2.11. The maximum atomic E-state index is 9.88. The Hall–Kier alpha value is -1.07. The average Bonchev–Trinajstić information content (AvgIpc) is 2.05. The van der Waals surface area contributed by atoms with Gasteiger partial charge in [-0.1, -0.05) is 34.0 Å². The molecule has 0 aliphatic rings. The molecule has 0 aromatic heterocycles. The molecule has 0 spiro atoms. The van der Waals surface area contributed by atoms with Gasteiger partial charge in [0.25, 0.3) is 0 Å². The van der Waals surface area contributed by atoms with Crippen LogP contribution in [0.15, 0.2) is 28.7 Å². The summed E-state index contributed by atoms with van der Waals surface area (Å²) in [6, 6.07) is 7.86. The molecule has 0 aliphatic heterocycles. The maximum Gasteiger partial charge on any atom is 0.192 e. The smallest absolute Gasteiger partial charge is 0.192 e. The number of benzene rings is 1. The lowest BCUT2D eigenvalue weighted by atomic mass is 10.2. The second kappa shape index (κ2) is 4.74. The van der Waals surface area contributed by atoms with Crippen molar-refractivity contribution in [3.63, 3.8) is 0 Å². The number of rotatable bonds is 1. The molecular formula is C10H7BrO. The van der Waals surface area contributed by atoms with E-state index in [1.807, 2.05) is 24.3 Å². The van der Waals surface area contributed by atoms with E-state index in [-0.39, 0.29) is 0 Å². The number of hydrogen-bond donors (Lipinski definition) is 0. The fraction of sp³-hybridized carbons (Fsp3) is 0.100. The first-order chi connectivity index (χ1) is 5.83. The zero-order valence-corrected chi connectivity index (χ0v) is 7.97. The molecule has 0 unspecified atom stereocenters.